The molecule has 0 amide bonds. The molecule has 104 valence electrons. The molecule has 1 aliphatic rings. The van der Waals surface area contributed by atoms with E-state index in [1.165, 1.54) is 0 Å². The lowest BCUT2D eigenvalue weighted by Crippen LogP contribution is -2.22. The zero-order valence-corrected chi connectivity index (χ0v) is 12.6. The molecule has 0 aromatic carbocycles. The molecule has 1 aliphatic heterocycles. The van der Waals surface area contributed by atoms with E-state index in [1.807, 2.05) is 27.7 Å². The molecule has 1 heterocycles. The Morgan fingerprint density at radius 2 is 2.22 bits per heavy atom. The molecule has 1 unspecified atom stereocenters. The van der Waals surface area contributed by atoms with Crippen molar-refractivity contribution in [3.63, 3.8) is 0 Å². The first-order valence-electron chi connectivity index (χ1n) is 6.12. The van der Waals surface area contributed by atoms with Crippen molar-refractivity contribution >= 4 is 8.60 Å². The number of rotatable bonds is 6. The van der Waals surface area contributed by atoms with Gasteiger partial charge in [-0.1, -0.05) is 0 Å². The molecule has 0 radical (unpaired) electrons. The number of nitriles is 1. The second-order valence-electron chi connectivity index (χ2n) is 4.99. The smallest absolute Gasteiger partial charge is 0.332 e. The Labute approximate surface area is 110 Å². The van der Waals surface area contributed by atoms with E-state index in [0.29, 0.717) is 13.0 Å². The minimum absolute atomic E-state index is 0.0591. The van der Waals surface area contributed by atoms with Gasteiger partial charge < -0.3 is 18.3 Å². The highest BCUT2D eigenvalue weighted by atomic mass is 31.2. The zero-order valence-electron chi connectivity index (χ0n) is 11.7. The van der Waals surface area contributed by atoms with Gasteiger partial charge in [-0.05, 0) is 34.1 Å². The van der Waals surface area contributed by atoms with E-state index in [1.54, 1.807) is 7.11 Å². The van der Waals surface area contributed by atoms with Gasteiger partial charge in [-0.3, -0.25) is 0 Å². The quantitative estimate of drug-likeness (QED) is 0.697. The normalized spacial score (nSPS) is 33.6. The highest BCUT2D eigenvalue weighted by Crippen LogP contribution is 2.43. The molecule has 5 nitrogen and oxygen atoms in total. The summed E-state index contributed by atoms with van der Waals surface area (Å²) < 4.78 is 21.9. The van der Waals surface area contributed by atoms with Gasteiger partial charge in [0, 0.05) is 7.11 Å². The standard InChI is InChI=1S/C12H22NO4P/c1-9(2)17-18(14-5)15-7-11-6-12(4,8-13)10(3)16-11/h9-11H,6-7H2,1-5H3/t10-,11-,12-,18?/m0/s1. The van der Waals surface area contributed by atoms with Crippen LogP contribution in [0.4, 0.5) is 0 Å². The second kappa shape index (κ2) is 6.79. The van der Waals surface area contributed by atoms with Gasteiger partial charge in [-0.2, -0.15) is 5.26 Å². The van der Waals surface area contributed by atoms with Crippen LogP contribution in [0.3, 0.4) is 0 Å². The summed E-state index contributed by atoms with van der Waals surface area (Å²) in [5.41, 5.74) is -0.428. The Hall–Kier alpha value is -0.240. The Bertz CT molecular complexity index is 307. The van der Waals surface area contributed by atoms with Crippen LogP contribution in [0.2, 0.25) is 0 Å². The van der Waals surface area contributed by atoms with Crippen molar-refractivity contribution in [2.24, 2.45) is 5.41 Å². The molecule has 18 heavy (non-hydrogen) atoms. The molecule has 4 atom stereocenters. The van der Waals surface area contributed by atoms with E-state index in [4.69, 9.17) is 23.6 Å². The van der Waals surface area contributed by atoms with Crippen molar-refractivity contribution in [1.82, 2.24) is 0 Å². The Morgan fingerprint density at radius 3 is 2.67 bits per heavy atom. The summed E-state index contributed by atoms with van der Waals surface area (Å²) in [6.45, 7) is 8.10. The van der Waals surface area contributed by atoms with Gasteiger partial charge in [0.25, 0.3) is 0 Å². The molecule has 1 saturated heterocycles. The average molecular weight is 275 g/mol. The third-order valence-electron chi connectivity index (χ3n) is 3.01. The predicted octanol–water partition coefficient (Wildman–Crippen LogP) is 3.01. The predicted molar refractivity (Wildman–Crippen MR) is 68.8 cm³/mol. The Balaban J connectivity index is 2.39. The summed E-state index contributed by atoms with van der Waals surface area (Å²) in [7, 11) is 0.235. The van der Waals surface area contributed by atoms with Gasteiger partial charge in [0.15, 0.2) is 0 Å². The molecule has 6 heteroatoms. The van der Waals surface area contributed by atoms with E-state index < -0.39 is 14.0 Å². The first kappa shape index (κ1) is 15.8. The summed E-state index contributed by atoms with van der Waals surface area (Å²) in [6, 6.07) is 2.32. The molecule has 1 rings (SSSR count). The van der Waals surface area contributed by atoms with Gasteiger partial charge in [0.1, 0.15) is 0 Å². The maximum absolute atomic E-state index is 9.14. The van der Waals surface area contributed by atoms with Crippen molar-refractivity contribution in [2.75, 3.05) is 13.7 Å². The van der Waals surface area contributed by atoms with Gasteiger partial charge in [0.05, 0.1) is 36.4 Å². The molecule has 1 fully saturated rings. The SMILES string of the molecule is COP(OC[C@@H]1C[C@@](C)(C#N)[C@H](C)O1)OC(C)C. The van der Waals surface area contributed by atoms with E-state index in [2.05, 4.69) is 6.07 Å². The molecule has 0 aliphatic carbocycles. The third-order valence-corrected chi connectivity index (χ3v) is 4.26. The lowest BCUT2D eigenvalue weighted by molar-refractivity contribution is 0.00882. The van der Waals surface area contributed by atoms with Crippen LogP contribution < -0.4 is 0 Å². The van der Waals surface area contributed by atoms with E-state index in [9.17, 15) is 0 Å². The number of hydrogen-bond acceptors (Lipinski definition) is 5. The maximum Gasteiger partial charge on any atom is 0.332 e. The fourth-order valence-electron chi connectivity index (χ4n) is 1.80. The van der Waals surface area contributed by atoms with Gasteiger partial charge in [0.2, 0.25) is 0 Å². The molecule has 0 N–H and O–H groups in total. The summed E-state index contributed by atoms with van der Waals surface area (Å²) in [6.07, 6.45) is 0.597. The van der Waals surface area contributed by atoms with Crippen molar-refractivity contribution in [3.05, 3.63) is 0 Å². The molecule has 0 aromatic rings. The molecular weight excluding hydrogens is 253 g/mol. The minimum Gasteiger partial charge on any atom is -0.371 e. The fourth-order valence-corrected chi connectivity index (χ4v) is 2.69. The topological polar surface area (TPSA) is 60.7 Å². The first-order chi connectivity index (χ1) is 8.41. The van der Waals surface area contributed by atoms with Crippen LogP contribution in [0.25, 0.3) is 0 Å². The second-order valence-corrected chi connectivity index (χ2v) is 6.27. The van der Waals surface area contributed by atoms with Crippen molar-refractivity contribution in [2.45, 2.75) is 52.4 Å². The van der Waals surface area contributed by atoms with E-state index in [-0.39, 0.29) is 18.3 Å². The minimum atomic E-state index is -1.33. The van der Waals surface area contributed by atoms with Crippen LogP contribution in [-0.4, -0.2) is 32.0 Å². The van der Waals surface area contributed by atoms with Crippen LogP contribution in [0.15, 0.2) is 0 Å². The molecular formula is C12H22NO4P. The zero-order chi connectivity index (χ0) is 13.8. The average Bonchev–Trinajstić information content (AvgIpc) is 2.61. The van der Waals surface area contributed by atoms with Gasteiger partial charge in [-0.25, -0.2) is 0 Å². The van der Waals surface area contributed by atoms with Crippen LogP contribution in [0, 0.1) is 16.7 Å². The summed E-state index contributed by atoms with van der Waals surface area (Å²) in [4.78, 5) is 0. The molecule has 0 bridgehead atoms. The lowest BCUT2D eigenvalue weighted by atomic mass is 9.84. The van der Waals surface area contributed by atoms with Crippen LogP contribution in [-0.2, 0) is 18.3 Å². The number of nitrogens with zero attached hydrogens (tertiary/aromatic N) is 1. The van der Waals surface area contributed by atoms with Gasteiger partial charge in [-0.15, -0.1) is 0 Å². The van der Waals surface area contributed by atoms with Crippen LogP contribution in [0.5, 0.6) is 0 Å². The summed E-state index contributed by atoms with van der Waals surface area (Å²) in [5, 5.41) is 9.14. The first-order valence-corrected chi connectivity index (χ1v) is 7.21. The van der Waals surface area contributed by atoms with E-state index >= 15 is 0 Å². The molecule has 0 aromatic heterocycles. The van der Waals surface area contributed by atoms with Crippen LogP contribution in [0.1, 0.15) is 34.1 Å². The number of ether oxygens (including phenoxy) is 1. The summed E-state index contributed by atoms with van der Waals surface area (Å²) in [5.74, 6) is 0. The van der Waals surface area contributed by atoms with Crippen molar-refractivity contribution in [3.8, 4) is 6.07 Å². The summed E-state index contributed by atoms with van der Waals surface area (Å²) >= 11 is 0. The van der Waals surface area contributed by atoms with Gasteiger partial charge >= 0.3 is 8.60 Å². The lowest BCUT2D eigenvalue weighted by Gasteiger charge is -2.18. The Kier molecular flexibility index (Phi) is 5.97. The molecule has 0 saturated carbocycles. The number of hydrogen-bond donors (Lipinski definition) is 0. The highest BCUT2D eigenvalue weighted by Gasteiger charge is 2.43. The largest absolute Gasteiger partial charge is 0.371 e. The molecule has 0 spiro atoms. The highest BCUT2D eigenvalue weighted by molar-refractivity contribution is 7.41. The van der Waals surface area contributed by atoms with Crippen molar-refractivity contribution < 1.29 is 18.3 Å². The fraction of sp³-hybridized carbons (Fsp3) is 0.917. The Morgan fingerprint density at radius 1 is 1.56 bits per heavy atom. The third kappa shape index (κ3) is 4.15. The van der Waals surface area contributed by atoms with Crippen molar-refractivity contribution in [1.29, 1.82) is 5.26 Å². The maximum atomic E-state index is 9.14. The van der Waals surface area contributed by atoms with Crippen LogP contribution >= 0.6 is 8.60 Å². The van der Waals surface area contributed by atoms with E-state index in [0.717, 1.165) is 0 Å². The monoisotopic (exact) mass is 275 g/mol.